The number of anilines is 5. The fraction of sp³-hybridized carbons (Fsp3) is 0.118. The highest BCUT2D eigenvalue weighted by molar-refractivity contribution is 6.31. The van der Waals surface area contributed by atoms with Gasteiger partial charge in [0.15, 0.2) is 11.6 Å². The number of halogens is 1. The molecule has 0 atom stereocenters. The average molecular weight is 341 g/mol. The number of aromatic nitrogens is 3. The number of rotatable bonds is 4. The molecule has 0 amide bonds. The molecule has 0 saturated carbocycles. The number of nitrogen functional groups attached to an aromatic ring is 1. The molecular weight excluding hydrogens is 324 g/mol. The lowest BCUT2D eigenvalue weighted by Gasteiger charge is -2.13. The van der Waals surface area contributed by atoms with Crippen LogP contribution in [0.15, 0.2) is 42.9 Å². The number of benzene rings is 1. The first-order valence-corrected chi connectivity index (χ1v) is 7.74. The van der Waals surface area contributed by atoms with Crippen molar-refractivity contribution < 1.29 is 0 Å². The maximum absolute atomic E-state index is 6.17. The van der Waals surface area contributed by atoms with Gasteiger partial charge in [0.1, 0.15) is 17.8 Å². The largest absolute Gasteiger partial charge is 0.393 e. The van der Waals surface area contributed by atoms with Crippen molar-refractivity contribution >= 4 is 40.4 Å². The molecule has 0 saturated heterocycles. The fourth-order valence-corrected chi connectivity index (χ4v) is 2.31. The molecule has 0 unspecified atom stereocenters. The van der Waals surface area contributed by atoms with Crippen LogP contribution in [0.25, 0.3) is 0 Å². The normalized spacial score (nSPS) is 10.5. The van der Waals surface area contributed by atoms with Crippen LogP contribution in [-0.2, 0) is 0 Å². The number of nitrogens with zero attached hydrogens (tertiary/aromatic N) is 3. The number of nitrogens with one attached hydrogen (secondary N) is 2. The zero-order chi connectivity index (χ0) is 17.1. The summed E-state index contributed by atoms with van der Waals surface area (Å²) in [5, 5.41) is 6.94. The lowest BCUT2D eigenvalue weighted by molar-refractivity contribution is 1.16. The van der Waals surface area contributed by atoms with Gasteiger partial charge in [0.25, 0.3) is 0 Å². The van der Waals surface area contributed by atoms with E-state index >= 15 is 0 Å². The van der Waals surface area contributed by atoms with Gasteiger partial charge in [-0.25, -0.2) is 15.0 Å². The van der Waals surface area contributed by atoms with Crippen LogP contribution in [0.5, 0.6) is 0 Å². The minimum absolute atomic E-state index is 0.400. The van der Waals surface area contributed by atoms with E-state index in [-0.39, 0.29) is 0 Å². The summed E-state index contributed by atoms with van der Waals surface area (Å²) in [4.78, 5) is 12.6. The van der Waals surface area contributed by atoms with Gasteiger partial charge in [0.05, 0.1) is 0 Å². The number of hydrogen-bond acceptors (Lipinski definition) is 6. The third-order valence-corrected chi connectivity index (χ3v) is 3.89. The van der Waals surface area contributed by atoms with Crippen LogP contribution in [0.4, 0.5) is 28.8 Å². The number of nitrogens with two attached hydrogens (primary N) is 1. The van der Waals surface area contributed by atoms with Gasteiger partial charge < -0.3 is 16.4 Å². The Morgan fingerprint density at radius 2 is 1.71 bits per heavy atom. The SMILES string of the molecule is Cc1ccnc(Nc2ncnc(Nc3ccc(C)c(Cl)c3)c2N)c1. The summed E-state index contributed by atoms with van der Waals surface area (Å²) >= 11 is 6.15. The van der Waals surface area contributed by atoms with Crippen molar-refractivity contribution in [1.82, 2.24) is 15.0 Å². The molecule has 1 aromatic carbocycles. The van der Waals surface area contributed by atoms with E-state index in [0.29, 0.717) is 28.2 Å². The van der Waals surface area contributed by atoms with E-state index in [1.165, 1.54) is 6.33 Å². The molecule has 0 bridgehead atoms. The van der Waals surface area contributed by atoms with E-state index < -0.39 is 0 Å². The molecule has 4 N–H and O–H groups in total. The van der Waals surface area contributed by atoms with E-state index in [9.17, 15) is 0 Å². The van der Waals surface area contributed by atoms with Gasteiger partial charge in [-0.15, -0.1) is 0 Å². The van der Waals surface area contributed by atoms with Gasteiger partial charge in [-0.3, -0.25) is 0 Å². The second kappa shape index (κ2) is 6.72. The van der Waals surface area contributed by atoms with Crippen molar-refractivity contribution in [3.8, 4) is 0 Å². The first-order valence-electron chi connectivity index (χ1n) is 7.36. The van der Waals surface area contributed by atoms with Crippen molar-refractivity contribution in [3.63, 3.8) is 0 Å². The monoisotopic (exact) mass is 340 g/mol. The molecule has 3 rings (SSSR count). The Kier molecular flexibility index (Phi) is 4.48. The van der Waals surface area contributed by atoms with Gasteiger partial charge >= 0.3 is 0 Å². The predicted molar refractivity (Wildman–Crippen MR) is 98.2 cm³/mol. The number of pyridine rings is 1. The minimum atomic E-state index is 0.400. The van der Waals surface area contributed by atoms with Crippen LogP contribution in [0, 0.1) is 13.8 Å². The van der Waals surface area contributed by atoms with Crippen LogP contribution >= 0.6 is 11.6 Å². The average Bonchev–Trinajstić information content (AvgIpc) is 2.55. The lowest BCUT2D eigenvalue weighted by Crippen LogP contribution is -2.06. The smallest absolute Gasteiger partial charge is 0.160 e. The van der Waals surface area contributed by atoms with E-state index in [4.69, 9.17) is 17.3 Å². The molecular formula is C17H17ClN6. The van der Waals surface area contributed by atoms with E-state index in [0.717, 1.165) is 16.8 Å². The molecule has 6 nitrogen and oxygen atoms in total. The van der Waals surface area contributed by atoms with E-state index in [1.807, 2.05) is 44.2 Å². The second-order valence-corrected chi connectivity index (χ2v) is 5.82. The highest BCUT2D eigenvalue weighted by atomic mass is 35.5. The first-order chi connectivity index (χ1) is 11.5. The summed E-state index contributed by atoms with van der Waals surface area (Å²) in [5.74, 6) is 1.66. The van der Waals surface area contributed by atoms with E-state index in [2.05, 4.69) is 25.6 Å². The zero-order valence-electron chi connectivity index (χ0n) is 13.3. The van der Waals surface area contributed by atoms with Crippen molar-refractivity contribution in [2.75, 3.05) is 16.4 Å². The molecule has 2 heterocycles. The highest BCUT2D eigenvalue weighted by Crippen LogP contribution is 2.29. The Balaban J connectivity index is 1.86. The molecule has 0 aliphatic carbocycles. The standard InChI is InChI=1S/C17H17ClN6/c1-10-5-6-20-14(7-10)24-17-15(19)16(21-9-22-17)23-12-4-3-11(2)13(18)8-12/h3-9H,19H2,1-2H3,(H2,20,21,22,23,24). The molecule has 0 radical (unpaired) electrons. The van der Waals surface area contributed by atoms with Crippen molar-refractivity contribution in [2.45, 2.75) is 13.8 Å². The van der Waals surface area contributed by atoms with Crippen LogP contribution < -0.4 is 16.4 Å². The Bertz CT molecular complexity index is 881. The van der Waals surface area contributed by atoms with Gasteiger partial charge in [-0.1, -0.05) is 17.7 Å². The summed E-state index contributed by atoms with van der Waals surface area (Å²) in [6.07, 6.45) is 3.16. The molecule has 24 heavy (non-hydrogen) atoms. The van der Waals surface area contributed by atoms with Crippen LogP contribution in [0.1, 0.15) is 11.1 Å². The summed E-state index contributed by atoms with van der Waals surface area (Å²) in [5.41, 5.74) is 9.47. The molecule has 3 aromatic rings. The van der Waals surface area contributed by atoms with Gasteiger partial charge in [-0.05, 0) is 49.2 Å². The molecule has 0 aliphatic rings. The van der Waals surface area contributed by atoms with Crippen molar-refractivity contribution in [1.29, 1.82) is 0 Å². The number of aryl methyl sites for hydroxylation is 2. The summed E-state index contributed by atoms with van der Waals surface area (Å²) in [6, 6.07) is 9.50. The summed E-state index contributed by atoms with van der Waals surface area (Å²) in [6.45, 7) is 3.94. The molecule has 0 aliphatic heterocycles. The quantitative estimate of drug-likeness (QED) is 0.659. The third kappa shape index (κ3) is 3.55. The maximum atomic E-state index is 6.17. The number of hydrogen-bond donors (Lipinski definition) is 3. The molecule has 7 heteroatoms. The maximum Gasteiger partial charge on any atom is 0.160 e. The van der Waals surface area contributed by atoms with Crippen molar-refractivity contribution in [3.05, 3.63) is 59.0 Å². The van der Waals surface area contributed by atoms with Crippen LogP contribution in [0.3, 0.4) is 0 Å². The minimum Gasteiger partial charge on any atom is -0.393 e. The summed E-state index contributed by atoms with van der Waals surface area (Å²) < 4.78 is 0. The zero-order valence-corrected chi connectivity index (χ0v) is 14.1. The Morgan fingerprint density at radius 1 is 0.958 bits per heavy atom. The highest BCUT2D eigenvalue weighted by Gasteiger charge is 2.10. The first kappa shape index (κ1) is 16.0. The Labute approximate surface area is 145 Å². The molecule has 122 valence electrons. The van der Waals surface area contributed by atoms with Crippen LogP contribution in [-0.4, -0.2) is 15.0 Å². The van der Waals surface area contributed by atoms with Crippen molar-refractivity contribution in [2.24, 2.45) is 0 Å². The lowest BCUT2D eigenvalue weighted by atomic mass is 10.2. The third-order valence-electron chi connectivity index (χ3n) is 3.48. The molecule has 2 aromatic heterocycles. The predicted octanol–water partition coefficient (Wildman–Crippen LogP) is 4.21. The summed E-state index contributed by atoms with van der Waals surface area (Å²) in [7, 11) is 0. The molecule has 0 spiro atoms. The van der Waals surface area contributed by atoms with Crippen LogP contribution in [0.2, 0.25) is 5.02 Å². The molecule has 0 fully saturated rings. The fourth-order valence-electron chi connectivity index (χ4n) is 2.13. The topological polar surface area (TPSA) is 88.8 Å². The van der Waals surface area contributed by atoms with Gasteiger partial charge in [0, 0.05) is 16.9 Å². The second-order valence-electron chi connectivity index (χ2n) is 5.42. The Morgan fingerprint density at radius 3 is 2.42 bits per heavy atom. The Hall–Kier alpha value is -2.86. The van der Waals surface area contributed by atoms with Gasteiger partial charge in [-0.2, -0.15) is 0 Å². The van der Waals surface area contributed by atoms with E-state index in [1.54, 1.807) is 6.20 Å². The van der Waals surface area contributed by atoms with Gasteiger partial charge in [0.2, 0.25) is 0 Å².